The minimum atomic E-state index is -0.432. The molecule has 1 fully saturated rings. The standard InChI is InChI=1S/C18H20N4O2/c23-16(22-18(24)21-14-9-10-14)12-20-17(13-6-2-1-3-7-13)15-8-4-5-11-19-15/h1-8,11,14,17,20H,9-10,12H2,(H2,21,22,23,24). The van der Waals surface area contributed by atoms with Gasteiger partial charge in [-0.1, -0.05) is 36.4 Å². The van der Waals surface area contributed by atoms with Crippen molar-refractivity contribution in [2.45, 2.75) is 24.9 Å². The Morgan fingerprint density at radius 3 is 2.50 bits per heavy atom. The predicted molar refractivity (Wildman–Crippen MR) is 90.2 cm³/mol. The van der Waals surface area contributed by atoms with Gasteiger partial charge in [-0.25, -0.2) is 4.79 Å². The van der Waals surface area contributed by atoms with Gasteiger partial charge in [0.25, 0.3) is 0 Å². The summed E-state index contributed by atoms with van der Waals surface area (Å²) in [7, 11) is 0. The number of hydrogen-bond acceptors (Lipinski definition) is 4. The van der Waals surface area contributed by atoms with Crippen molar-refractivity contribution in [1.29, 1.82) is 0 Å². The van der Waals surface area contributed by atoms with E-state index in [1.54, 1.807) is 6.20 Å². The minimum absolute atomic E-state index is 0.0220. The zero-order valence-electron chi connectivity index (χ0n) is 13.2. The third kappa shape index (κ3) is 4.63. The number of imide groups is 1. The first-order valence-electron chi connectivity index (χ1n) is 8.02. The molecule has 1 aromatic carbocycles. The highest BCUT2D eigenvalue weighted by atomic mass is 16.2. The molecule has 24 heavy (non-hydrogen) atoms. The van der Waals surface area contributed by atoms with E-state index in [9.17, 15) is 9.59 Å². The summed E-state index contributed by atoms with van der Waals surface area (Å²) in [4.78, 5) is 27.9. The number of pyridine rings is 1. The molecule has 0 aliphatic heterocycles. The van der Waals surface area contributed by atoms with Gasteiger partial charge in [0.15, 0.2) is 0 Å². The van der Waals surface area contributed by atoms with Crippen LogP contribution in [0.1, 0.15) is 30.1 Å². The number of urea groups is 1. The molecule has 1 aromatic heterocycles. The zero-order valence-corrected chi connectivity index (χ0v) is 13.2. The summed E-state index contributed by atoms with van der Waals surface area (Å²) in [6.45, 7) is 0.0220. The lowest BCUT2D eigenvalue weighted by Gasteiger charge is -2.18. The average molecular weight is 324 g/mol. The van der Waals surface area contributed by atoms with Gasteiger partial charge in [0.1, 0.15) is 0 Å². The number of nitrogens with zero attached hydrogens (tertiary/aromatic N) is 1. The Labute approximate surface area is 140 Å². The van der Waals surface area contributed by atoms with Crippen molar-refractivity contribution in [2.24, 2.45) is 0 Å². The molecule has 3 N–H and O–H groups in total. The van der Waals surface area contributed by atoms with Gasteiger partial charge in [-0.3, -0.25) is 20.4 Å². The molecule has 3 rings (SSSR count). The first-order valence-corrected chi connectivity index (χ1v) is 8.02. The fourth-order valence-corrected chi connectivity index (χ4v) is 2.40. The van der Waals surface area contributed by atoms with Crippen molar-refractivity contribution in [2.75, 3.05) is 6.54 Å². The fraction of sp³-hybridized carbons (Fsp3) is 0.278. The average Bonchev–Trinajstić information content (AvgIpc) is 3.41. The van der Waals surface area contributed by atoms with Gasteiger partial charge in [-0.15, -0.1) is 0 Å². The molecule has 1 saturated carbocycles. The number of nitrogens with one attached hydrogen (secondary N) is 3. The molecule has 6 heteroatoms. The summed E-state index contributed by atoms with van der Waals surface area (Å²) in [6, 6.07) is 15.0. The van der Waals surface area contributed by atoms with Gasteiger partial charge in [-0.2, -0.15) is 0 Å². The summed E-state index contributed by atoms with van der Waals surface area (Å²) in [5, 5.41) is 8.23. The Balaban J connectivity index is 1.61. The van der Waals surface area contributed by atoms with Crippen molar-refractivity contribution in [3.05, 3.63) is 66.0 Å². The maximum atomic E-state index is 12.0. The number of carbonyl (C=O) groups is 2. The first kappa shape index (κ1) is 16.1. The van der Waals surface area contributed by atoms with Crippen LogP contribution in [0.2, 0.25) is 0 Å². The molecule has 1 heterocycles. The van der Waals surface area contributed by atoms with E-state index in [4.69, 9.17) is 0 Å². The second-order valence-corrected chi connectivity index (χ2v) is 5.78. The molecule has 1 unspecified atom stereocenters. The lowest BCUT2D eigenvalue weighted by atomic mass is 10.0. The number of benzene rings is 1. The van der Waals surface area contributed by atoms with Crippen molar-refractivity contribution in [3.8, 4) is 0 Å². The largest absolute Gasteiger partial charge is 0.335 e. The zero-order chi connectivity index (χ0) is 16.8. The van der Waals surface area contributed by atoms with Gasteiger partial charge in [0.2, 0.25) is 5.91 Å². The van der Waals surface area contributed by atoms with Crippen molar-refractivity contribution < 1.29 is 9.59 Å². The van der Waals surface area contributed by atoms with E-state index in [0.29, 0.717) is 0 Å². The summed E-state index contributed by atoms with van der Waals surface area (Å²) in [6.07, 6.45) is 3.68. The van der Waals surface area contributed by atoms with Crippen LogP contribution in [0.4, 0.5) is 4.79 Å². The van der Waals surface area contributed by atoms with Gasteiger partial charge in [-0.05, 0) is 30.5 Å². The number of rotatable bonds is 6. The van der Waals surface area contributed by atoms with Crippen LogP contribution in [0.25, 0.3) is 0 Å². The number of carbonyl (C=O) groups excluding carboxylic acids is 2. The molecule has 124 valence electrons. The molecular weight excluding hydrogens is 304 g/mol. The molecule has 2 aromatic rings. The molecule has 3 amide bonds. The molecule has 0 bridgehead atoms. The first-order chi connectivity index (χ1) is 11.7. The Morgan fingerprint density at radius 2 is 1.83 bits per heavy atom. The Morgan fingerprint density at radius 1 is 1.08 bits per heavy atom. The van der Waals surface area contributed by atoms with E-state index in [0.717, 1.165) is 24.1 Å². The van der Waals surface area contributed by atoms with Crippen LogP contribution >= 0.6 is 0 Å². The van der Waals surface area contributed by atoms with Crippen molar-refractivity contribution in [3.63, 3.8) is 0 Å². The monoisotopic (exact) mass is 324 g/mol. The van der Waals surface area contributed by atoms with E-state index < -0.39 is 6.03 Å². The Bertz CT molecular complexity index is 647. The van der Waals surface area contributed by atoms with E-state index in [1.165, 1.54) is 0 Å². The topological polar surface area (TPSA) is 83.1 Å². The molecule has 1 atom stereocenters. The van der Waals surface area contributed by atoms with Gasteiger partial charge in [0.05, 0.1) is 18.3 Å². The SMILES string of the molecule is O=C(CNC(c1ccccc1)c1ccccn1)NC(=O)NC1CC1. The second kappa shape index (κ2) is 7.70. The minimum Gasteiger partial charge on any atom is -0.335 e. The summed E-state index contributed by atoms with van der Waals surface area (Å²) in [5.74, 6) is -0.370. The van der Waals surface area contributed by atoms with Crippen LogP contribution in [0.3, 0.4) is 0 Å². The van der Waals surface area contributed by atoms with E-state index in [1.807, 2.05) is 48.5 Å². The summed E-state index contributed by atoms with van der Waals surface area (Å²) in [5.41, 5.74) is 1.82. The quantitative estimate of drug-likeness (QED) is 0.756. The Hall–Kier alpha value is -2.73. The lowest BCUT2D eigenvalue weighted by molar-refractivity contribution is -0.119. The molecule has 0 radical (unpaired) electrons. The molecule has 0 saturated heterocycles. The normalized spacial score (nSPS) is 14.7. The smallest absolute Gasteiger partial charge is 0.321 e. The fourth-order valence-electron chi connectivity index (χ4n) is 2.40. The van der Waals surface area contributed by atoms with E-state index >= 15 is 0 Å². The highest BCUT2D eigenvalue weighted by Crippen LogP contribution is 2.19. The molecule has 1 aliphatic carbocycles. The second-order valence-electron chi connectivity index (χ2n) is 5.78. The maximum absolute atomic E-state index is 12.0. The van der Waals surface area contributed by atoms with Crippen LogP contribution in [0, 0.1) is 0 Å². The third-order valence-corrected chi connectivity index (χ3v) is 3.75. The van der Waals surface area contributed by atoms with Gasteiger partial charge >= 0.3 is 6.03 Å². The van der Waals surface area contributed by atoms with Crippen molar-refractivity contribution in [1.82, 2.24) is 20.9 Å². The van der Waals surface area contributed by atoms with Crippen LogP contribution in [-0.4, -0.2) is 29.5 Å². The van der Waals surface area contributed by atoms with Crippen LogP contribution in [0.15, 0.2) is 54.7 Å². The predicted octanol–water partition coefficient (Wildman–Crippen LogP) is 1.75. The molecule has 6 nitrogen and oxygen atoms in total. The van der Waals surface area contributed by atoms with Crippen LogP contribution in [-0.2, 0) is 4.79 Å². The number of aromatic nitrogens is 1. The van der Waals surface area contributed by atoms with Gasteiger partial charge < -0.3 is 5.32 Å². The number of hydrogen-bond donors (Lipinski definition) is 3. The molecule has 1 aliphatic rings. The van der Waals surface area contributed by atoms with E-state index in [-0.39, 0.29) is 24.5 Å². The highest BCUT2D eigenvalue weighted by molar-refractivity contribution is 5.95. The molecular formula is C18H20N4O2. The maximum Gasteiger partial charge on any atom is 0.321 e. The molecule has 0 spiro atoms. The third-order valence-electron chi connectivity index (χ3n) is 3.75. The number of amides is 3. The lowest BCUT2D eigenvalue weighted by Crippen LogP contribution is -2.44. The van der Waals surface area contributed by atoms with Crippen LogP contribution < -0.4 is 16.0 Å². The Kier molecular flexibility index (Phi) is 5.18. The van der Waals surface area contributed by atoms with E-state index in [2.05, 4.69) is 20.9 Å². The van der Waals surface area contributed by atoms with Crippen LogP contribution in [0.5, 0.6) is 0 Å². The summed E-state index contributed by atoms with van der Waals surface area (Å²) < 4.78 is 0. The van der Waals surface area contributed by atoms with Gasteiger partial charge in [0, 0.05) is 12.2 Å². The van der Waals surface area contributed by atoms with Crippen molar-refractivity contribution >= 4 is 11.9 Å². The summed E-state index contributed by atoms with van der Waals surface area (Å²) >= 11 is 0. The highest BCUT2D eigenvalue weighted by Gasteiger charge is 2.24.